The van der Waals surface area contributed by atoms with Gasteiger partial charge in [-0.15, -0.1) is 0 Å². The Hall–Kier alpha value is -2.09. The molecule has 1 aromatic carbocycles. The van der Waals surface area contributed by atoms with E-state index in [-0.39, 0.29) is 0 Å². The molecule has 9 heteroatoms. The van der Waals surface area contributed by atoms with Crippen molar-refractivity contribution in [3.63, 3.8) is 0 Å². The minimum atomic E-state index is 0.332. The molecule has 0 amide bonds. The second-order valence-electron chi connectivity index (χ2n) is 4.72. The van der Waals surface area contributed by atoms with Gasteiger partial charge in [-0.05, 0) is 46.3 Å². The van der Waals surface area contributed by atoms with Crippen molar-refractivity contribution in [2.45, 2.75) is 0 Å². The highest BCUT2D eigenvalue weighted by Gasteiger charge is 2.11. The first kappa shape index (κ1) is 16.8. The molecule has 0 aliphatic carbocycles. The molecule has 2 aromatic heterocycles. The van der Waals surface area contributed by atoms with E-state index >= 15 is 0 Å². The molecule has 2 heterocycles. The van der Waals surface area contributed by atoms with Crippen molar-refractivity contribution in [1.82, 2.24) is 15.0 Å². The Bertz CT molecular complexity index is 872. The van der Waals surface area contributed by atoms with Crippen LogP contribution in [0.4, 0.5) is 28.8 Å². The number of nitrogens with two attached hydrogens (primary N) is 1. The van der Waals surface area contributed by atoms with Crippen molar-refractivity contribution in [2.75, 3.05) is 16.4 Å². The fourth-order valence-corrected chi connectivity index (χ4v) is 2.46. The zero-order chi connectivity index (χ0) is 17.1. The molecule has 0 saturated carbocycles. The lowest BCUT2D eigenvalue weighted by atomic mass is 10.3. The summed E-state index contributed by atoms with van der Waals surface area (Å²) in [4.78, 5) is 12.5. The van der Waals surface area contributed by atoms with Crippen molar-refractivity contribution in [2.24, 2.45) is 0 Å². The first-order chi connectivity index (χ1) is 11.5. The molecule has 0 saturated heterocycles. The minimum Gasteiger partial charge on any atom is -0.393 e. The highest BCUT2D eigenvalue weighted by Crippen LogP contribution is 2.32. The maximum Gasteiger partial charge on any atom is 0.160 e. The smallest absolute Gasteiger partial charge is 0.160 e. The van der Waals surface area contributed by atoms with E-state index < -0.39 is 0 Å². The van der Waals surface area contributed by atoms with Gasteiger partial charge >= 0.3 is 0 Å². The number of nitrogens with one attached hydrogen (secondary N) is 2. The number of pyridine rings is 1. The van der Waals surface area contributed by atoms with Crippen LogP contribution in [0.1, 0.15) is 0 Å². The predicted octanol–water partition coefficient (Wildman–Crippen LogP) is 5.01. The molecule has 0 bridgehead atoms. The van der Waals surface area contributed by atoms with Gasteiger partial charge in [-0.3, -0.25) is 0 Å². The van der Waals surface area contributed by atoms with E-state index in [1.54, 1.807) is 30.5 Å². The lowest BCUT2D eigenvalue weighted by Gasteiger charge is -2.13. The monoisotopic (exact) mass is 424 g/mol. The van der Waals surface area contributed by atoms with Crippen LogP contribution in [-0.4, -0.2) is 15.0 Å². The van der Waals surface area contributed by atoms with E-state index in [9.17, 15) is 0 Å². The Labute approximate surface area is 156 Å². The maximum absolute atomic E-state index is 6.15. The van der Waals surface area contributed by atoms with Crippen molar-refractivity contribution in [3.05, 3.63) is 57.4 Å². The molecule has 0 unspecified atom stereocenters. The van der Waals surface area contributed by atoms with Crippen LogP contribution in [0.25, 0.3) is 0 Å². The number of hydrogen-bond acceptors (Lipinski definition) is 6. The van der Waals surface area contributed by atoms with E-state index in [4.69, 9.17) is 28.9 Å². The first-order valence-corrected chi connectivity index (χ1v) is 8.29. The summed E-state index contributed by atoms with van der Waals surface area (Å²) in [5.74, 6) is 1.45. The van der Waals surface area contributed by atoms with E-state index in [1.807, 2.05) is 6.07 Å². The summed E-state index contributed by atoms with van der Waals surface area (Å²) in [6.07, 6.45) is 3.06. The van der Waals surface area contributed by atoms with Gasteiger partial charge in [-0.25, -0.2) is 15.0 Å². The second-order valence-corrected chi connectivity index (χ2v) is 6.48. The van der Waals surface area contributed by atoms with E-state index in [2.05, 4.69) is 41.5 Å². The van der Waals surface area contributed by atoms with E-state index in [0.29, 0.717) is 38.9 Å². The fourth-order valence-electron chi connectivity index (χ4n) is 1.89. The average Bonchev–Trinajstić information content (AvgIpc) is 2.56. The normalized spacial score (nSPS) is 10.5. The van der Waals surface area contributed by atoms with Gasteiger partial charge in [0.1, 0.15) is 17.8 Å². The van der Waals surface area contributed by atoms with Gasteiger partial charge in [0.15, 0.2) is 11.6 Å². The Kier molecular flexibility index (Phi) is 5.03. The molecule has 3 rings (SSSR count). The Balaban J connectivity index is 1.88. The van der Waals surface area contributed by atoms with E-state index in [1.165, 1.54) is 6.33 Å². The van der Waals surface area contributed by atoms with Crippen LogP contribution < -0.4 is 16.4 Å². The van der Waals surface area contributed by atoms with Gasteiger partial charge in [0.2, 0.25) is 0 Å². The van der Waals surface area contributed by atoms with Crippen LogP contribution in [0, 0.1) is 0 Å². The number of halogens is 3. The molecule has 0 radical (unpaired) electrons. The summed E-state index contributed by atoms with van der Waals surface area (Å²) in [5, 5.41) is 7.15. The van der Waals surface area contributed by atoms with Gasteiger partial charge in [-0.1, -0.05) is 23.2 Å². The summed E-state index contributed by atoms with van der Waals surface area (Å²) in [5.41, 5.74) is 7.06. The molecule has 0 aliphatic rings. The van der Waals surface area contributed by atoms with Crippen LogP contribution >= 0.6 is 39.1 Å². The van der Waals surface area contributed by atoms with Gasteiger partial charge in [0, 0.05) is 15.7 Å². The number of aromatic nitrogens is 3. The molecule has 4 N–H and O–H groups in total. The summed E-state index contributed by atoms with van der Waals surface area (Å²) in [6, 6.07) is 8.73. The van der Waals surface area contributed by atoms with Crippen molar-refractivity contribution in [3.8, 4) is 0 Å². The predicted molar refractivity (Wildman–Crippen MR) is 101 cm³/mol. The molecule has 6 nitrogen and oxygen atoms in total. The highest BCUT2D eigenvalue weighted by molar-refractivity contribution is 9.10. The minimum absolute atomic E-state index is 0.332. The SMILES string of the molecule is Nc1c(Nc2ccc(Br)cn2)ncnc1Nc1cc(Cl)ccc1Cl. The largest absolute Gasteiger partial charge is 0.393 e. The number of nitrogens with zero attached hydrogens (tertiary/aromatic N) is 3. The van der Waals surface area contributed by atoms with Crippen molar-refractivity contribution in [1.29, 1.82) is 0 Å². The zero-order valence-electron chi connectivity index (χ0n) is 12.1. The summed E-state index contributed by atoms with van der Waals surface area (Å²) < 4.78 is 0.877. The molecular weight excluding hydrogens is 415 g/mol. The summed E-state index contributed by atoms with van der Waals surface area (Å²) >= 11 is 15.5. The summed E-state index contributed by atoms with van der Waals surface area (Å²) in [6.45, 7) is 0. The Morgan fingerprint density at radius 3 is 2.42 bits per heavy atom. The number of benzene rings is 1. The van der Waals surface area contributed by atoms with Gasteiger partial charge in [-0.2, -0.15) is 0 Å². The number of anilines is 5. The molecule has 0 atom stereocenters. The average molecular weight is 426 g/mol. The Morgan fingerprint density at radius 2 is 1.71 bits per heavy atom. The fraction of sp³-hybridized carbons (Fsp3) is 0. The highest BCUT2D eigenvalue weighted by atomic mass is 79.9. The van der Waals surface area contributed by atoms with Crippen LogP contribution in [0.15, 0.2) is 47.3 Å². The van der Waals surface area contributed by atoms with Crippen LogP contribution in [0.3, 0.4) is 0 Å². The van der Waals surface area contributed by atoms with Gasteiger partial charge in [0.05, 0.1) is 10.7 Å². The molecule has 0 fully saturated rings. The zero-order valence-corrected chi connectivity index (χ0v) is 15.2. The molecule has 0 spiro atoms. The molecule has 3 aromatic rings. The molecule has 24 heavy (non-hydrogen) atoms. The molecule has 0 aliphatic heterocycles. The number of hydrogen-bond donors (Lipinski definition) is 3. The first-order valence-electron chi connectivity index (χ1n) is 6.74. The number of nitrogen functional groups attached to an aromatic ring is 1. The third kappa shape index (κ3) is 3.87. The van der Waals surface area contributed by atoms with E-state index in [0.717, 1.165) is 4.47 Å². The van der Waals surface area contributed by atoms with Crippen LogP contribution in [-0.2, 0) is 0 Å². The number of rotatable bonds is 4. The second kappa shape index (κ2) is 7.21. The molecular formula is C15H11BrCl2N6. The standard InChI is InChI=1S/C15H11BrCl2N6/c16-8-1-4-12(20-6-8)24-15-13(19)14(21-7-22-15)23-11-5-9(17)2-3-10(11)18/h1-7H,19H2,(H2,20,21,22,23,24). The van der Waals surface area contributed by atoms with Crippen molar-refractivity contribution >= 4 is 68.0 Å². The van der Waals surface area contributed by atoms with Crippen LogP contribution in [0.2, 0.25) is 10.0 Å². The lowest BCUT2D eigenvalue weighted by Crippen LogP contribution is -2.06. The molecule has 122 valence electrons. The summed E-state index contributed by atoms with van der Waals surface area (Å²) in [7, 11) is 0. The lowest BCUT2D eigenvalue weighted by molar-refractivity contribution is 1.16. The third-order valence-corrected chi connectivity index (χ3v) is 4.07. The topological polar surface area (TPSA) is 88.8 Å². The van der Waals surface area contributed by atoms with Crippen LogP contribution in [0.5, 0.6) is 0 Å². The maximum atomic E-state index is 6.15. The van der Waals surface area contributed by atoms with Gasteiger partial charge < -0.3 is 16.4 Å². The third-order valence-electron chi connectivity index (χ3n) is 3.04. The quantitative estimate of drug-likeness (QED) is 0.544. The van der Waals surface area contributed by atoms with Crippen molar-refractivity contribution < 1.29 is 0 Å². The Morgan fingerprint density at radius 1 is 0.958 bits per heavy atom. The van der Waals surface area contributed by atoms with Gasteiger partial charge in [0.25, 0.3) is 0 Å².